The van der Waals surface area contributed by atoms with Crippen molar-refractivity contribution in [1.82, 2.24) is 0 Å². The van der Waals surface area contributed by atoms with Crippen LogP contribution in [0.1, 0.15) is 53.7 Å². The molecular formula is C40H33N3OS. The Kier molecular flexibility index (Phi) is 7.03. The average molecular weight is 604 g/mol. The molecule has 2 aliphatic rings. The molecule has 2 N–H and O–H groups in total. The molecule has 0 bridgehead atoms. The minimum absolute atomic E-state index is 0.442. The Morgan fingerprint density at radius 1 is 0.867 bits per heavy atom. The van der Waals surface area contributed by atoms with Crippen molar-refractivity contribution in [2.24, 2.45) is 15.7 Å². The summed E-state index contributed by atoms with van der Waals surface area (Å²) < 4.78 is 7.54. The molecule has 2 aromatic heterocycles. The van der Waals surface area contributed by atoms with Gasteiger partial charge in [-0.1, -0.05) is 91.9 Å². The molecule has 6 aromatic rings. The fourth-order valence-corrected chi connectivity index (χ4v) is 7.94. The SMILES string of the molecule is CC1CC=Cc2sc3cccc(C(N)=NC(=NCc4cccc5oc6ccc(-c7ccccc7)cc6c45)C4=CCCC=C4)c3c21. The van der Waals surface area contributed by atoms with Crippen LogP contribution in [-0.2, 0) is 6.54 Å². The highest BCUT2D eigenvalue weighted by molar-refractivity contribution is 7.20. The van der Waals surface area contributed by atoms with E-state index in [1.54, 1.807) is 0 Å². The lowest BCUT2D eigenvalue weighted by Crippen LogP contribution is -2.18. The Bertz CT molecular complexity index is 2240. The molecule has 2 aliphatic carbocycles. The molecule has 0 amide bonds. The fraction of sp³-hybridized carbons (Fsp3) is 0.150. The van der Waals surface area contributed by atoms with E-state index in [0.717, 1.165) is 63.5 Å². The molecule has 0 spiro atoms. The van der Waals surface area contributed by atoms with Gasteiger partial charge in [-0.2, -0.15) is 0 Å². The van der Waals surface area contributed by atoms with E-state index < -0.39 is 0 Å². The summed E-state index contributed by atoms with van der Waals surface area (Å²) in [6, 6.07) is 29.5. The van der Waals surface area contributed by atoms with Crippen LogP contribution in [0.4, 0.5) is 0 Å². The number of fused-ring (bicyclic) bond motifs is 6. The van der Waals surface area contributed by atoms with Crippen LogP contribution in [0.3, 0.4) is 0 Å². The molecule has 4 nitrogen and oxygen atoms in total. The number of amidine groups is 2. The summed E-state index contributed by atoms with van der Waals surface area (Å²) in [5.41, 5.74) is 15.4. The standard InChI is InChI=1S/C40H33N3OS/c1-25-11-8-19-34-36(25)38-30(17-10-20-35(38)45-34)39(41)43-40(27-14-6-3-7-15-27)42-24-29-16-9-18-33-37(29)31-23-28(21-22-32(31)44-33)26-12-4-2-5-13-26/h2,4-6,8-10,12-23,25H,3,7,11,24H2,1H3,(H2,41,42,43). The van der Waals surface area contributed by atoms with Gasteiger partial charge in [-0.3, -0.25) is 4.99 Å². The molecule has 0 radical (unpaired) electrons. The van der Waals surface area contributed by atoms with Crippen LogP contribution in [0.25, 0.3) is 49.2 Å². The largest absolute Gasteiger partial charge is 0.456 e. The van der Waals surface area contributed by atoms with Crippen molar-refractivity contribution in [3.05, 3.63) is 136 Å². The Morgan fingerprint density at radius 2 is 1.76 bits per heavy atom. The Labute approximate surface area is 266 Å². The van der Waals surface area contributed by atoms with Crippen molar-refractivity contribution >= 4 is 61.1 Å². The van der Waals surface area contributed by atoms with Gasteiger partial charge in [0.05, 0.1) is 6.54 Å². The van der Waals surface area contributed by atoms with Gasteiger partial charge in [0.15, 0.2) is 5.84 Å². The minimum atomic E-state index is 0.442. The molecule has 0 saturated heterocycles. The highest BCUT2D eigenvalue weighted by atomic mass is 32.1. The van der Waals surface area contributed by atoms with Crippen LogP contribution in [0, 0.1) is 0 Å². The van der Waals surface area contributed by atoms with Crippen molar-refractivity contribution < 1.29 is 4.42 Å². The molecule has 0 fully saturated rings. The van der Waals surface area contributed by atoms with Gasteiger partial charge >= 0.3 is 0 Å². The molecule has 1 atom stereocenters. The number of benzene rings is 4. The summed E-state index contributed by atoms with van der Waals surface area (Å²) in [5, 5.41) is 3.41. The summed E-state index contributed by atoms with van der Waals surface area (Å²) in [4.78, 5) is 11.5. The van der Waals surface area contributed by atoms with Gasteiger partial charge in [-0.05, 0) is 77.8 Å². The van der Waals surface area contributed by atoms with Crippen molar-refractivity contribution in [3.63, 3.8) is 0 Å². The quantitative estimate of drug-likeness (QED) is 0.157. The van der Waals surface area contributed by atoms with Gasteiger partial charge in [0.1, 0.15) is 17.0 Å². The molecule has 5 heteroatoms. The van der Waals surface area contributed by atoms with E-state index in [9.17, 15) is 0 Å². The topological polar surface area (TPSA) is 63.9 Å². The first-order chi connectivity index (χ1) is 22.1. The number of allylic oxidation sites excluding steroid dienone is 3. The molecule has 0 saturated carbocycles. The third-order valence-electron chi connectivity index (χ3n) is 8.88. The predicted molar refractivity (Wildman–Crippen MR) is 191 cm³/mol. The predicted octanol–water partition coefficient (Wildman–Crippen LogP) is 10.6. The van der Waals surface area contributed by atoms with E-state index >= 15 is 0 Å². The smallest absolute Gasteiger partial charge is 0.156 e. The first-order valence-corrected chi connectivity index (χ1v) is 16.4. The van der Waals surface area contributed by atoms with E-state index in [-0.39, 0.29) is 0 Å². The highest BCUT2D eigenvalue weighted by Gasteiger charge is 2.22. The Balaban J connectivity index is 1.23. The minimum Gasteiger partial charge on any atom is -0.456 e. The van der Waals surface area contributed by atoms with Gasteiger partial charge in [-0.15, -0.1) is 11.3 Å². The van der Waals surface area contributed by atoms with Gasteiger partial charge in [0, 0.05) is 36.9 Å². The number of thiophene rings is 1. The number of nitrogens with two attached hydrogens (primary N) is 1. The second-order valence-electron chi connectivity index (χ2n) is 11.8. The maximum atomic E-state index is 6.89. The van der Waals surface area contributed by atoms with E-state index in [0.29, 0.717) is 24.1 Å². The average Bonchev–Trinajstić information content (AvgIpc) is 3.66. The summed E-state index contributed by atoms with van der Waals surface area (Å²) in [7, 11) is 0. The van der Waals surface area contributed by atoms with Crippen molar-refractivity contribution in [3.8, 4) is 11.1 Å². The summed E-state index contributed by atoms with van der Waals surface area (Å²) >= 11 is 1.83. The summed E-state index contributed by atoms with van der Waals surface area (Å²) in [6.07, 6.45) is 14.1. The highest BCUT2D eigenvalue weighted by Crippen LogP contribution is 2.42. The molecule has 220 valence electrons. The Morgan fingerprint density at radius 3 is 2.62 bits per heavy atom. The molecule has 0 aliphatic heterocycles. The van der Waals surface area contributed by atoms with Gasteiger partial charge in [0.25, 0.3) is 0 Å². The first kappa shape index (κ1) is 27.5. The maximum absolute atomic E-state index is 6.89. The Hall–Kier alpha value is -5.00. The number of hydrogen-bond acceptors (Lipinski definition) is 3. The number of hydrogen-bond donors (Lipinski definition) is 1. The third-order valence-corrected chi connectivity index (χ3v) is 10.0. The van der Waals surface area contributed by atoms with Crippen molar-refractivity contribution in [2.75, 3.05) is 0 Å². The van der Waals surface area contributed by atoms with Crippen LogP contribution >= 0.6 is 11.3 Å². The zero-order valence-electron chi connectivity index (χ0n) is 25.2. The maximum Gasteiger partial charge on any atom is 0.156 e. The lowest BCUT2D eigenvalue weighted by molar-refractivity contribution is 0.668. The van der Waals surface area contributed by atoms with Crippen molar-refractivity contribution in [2.45, 2.75) is 38.6 Å². The van der Waals surface area contributed by atoms with E-state index in [1.165, 1.54) is 26.1 Å². The number of furan rings is 1. The molecule has 1 unspecified atom stereocenters. The van der Waals surface area contributed by atoms with E-state index in [2.05, 4.69) is 104 Å². The third kappa shape index (κ3) is 5.03. The van der Waals surface area contributed by atoms with Gasteiger partial charge < -0.3 is 10.2 Å². The van der Waals surface area contributed by atoms with E-state index in [4.69, 9.17) is 20.1 Å². The summed E-state index contributed by atoms with van der Waals surface area (Å²) in [5.74, 6) is 1.60. The molecular weight excluding hydrogens is 571 g/mol. The summed E-state index contributed by atoms with van der Waals surface area (Å²) in [6.45, 7) is 2.75. The van der Waals surface area contributed by atoms with Gasteiger partial charge in [0.2, 0.25) is 0 Å². The van der Waals surface area contributed by atoms with Crippen molar-refractivity contribution in [1.29, 1.82) is 0 Å². The molecule has 8 rings (SSSR count). The molecule has 2 heterocycles. The number of aliphatic imine (C=N–C) groups is 2. The second-order valence-corrected chi connectivity index (χ2v) is 12.9. The fourth-order valence-electron chi connectivity index (χ4n) is 6.66. The lowest BCUT2D eigenvalue weighted by atomic mass is 9.89. The zero-order chi connectivity index (χ0) is 30.3. The monoisotopic (exact) mass is 603 g/mol. The van der Waals surface area contributed by atoms with Gasteiger partial charge in [-0.25, -0.2) is 4.99 Å². The number of nitrogens with zero attached hydrogens (tertiary/aromatic N) is 2. The number of rotatable bonds is 5. The van der Waals surface area contributed by atoms with Crippen LogP contribution in [0.15, 0.2) is 129 Å². The van der Waals surface area contributed by atoms with Crippen LogP contribution in [-0.4, -0.2) is 11.7 Å². The second kappa shape index (κ2) is 11.5. The first-order valence-electron chi connectivity index (χ1n) is 15.6. The zero-order valence-corrected chi connectivity index (χ0v) is 26.0. The van der Waals surface area contributed by atoms with Crippen LogP contribution in [0.2, 0.25) is 0 Å². The van der Waals surface area contributed by atoms with E-state index in [1.807, 2.05) is 29.5 Å². The molecule has 45 heavy (non-hydrogen) atoms. The van der Waals surface area contributed by atoms with Crippen LogP contribution < -0.4 is 5.73 Å². The normalized spacial score (nSPS) is 16.9. The molecule has 4 aromatic carbocycles. The van der Waals surface area contributed by atoms with Crippen LogP contribution in [0.5, 0.6) is 0 Å². The lowest BCUT2D eigenvalue weighted by Gasteiger charge is -2.16.